The number of anilines is 1. The molecule has 30 heavy (non-hydrogen) atoms. The second-order valence-electron chi connectivity index (χ2n) is 7.78. The zero-order valence-electron chi connectivity index (χ0n) is 16.3. The molecule has 0 spiro atoms. The molecule has 6 nitrogen and oxygen atoms in total. The molecular formula is C24H20N2O4. The van der Waals surface area contributed by atoms with Crippen LogP contribution in [0.2, 0.25) is 0 Å². The van der Waals surface area contributed by atoms with Gasteiger partial charge in [-0.25, -0.2) is 4.79 Å². The van der Waals surface area contributed by atoms with E-state index >= 15 is 0 Å². The van der Waals surface area contributed by atoms with E-state index in [-0.39, 0.29) is 23.7 Å². The van der Waals surface area contributed by atoms with Gasteiger partial charge in [-0.05, 0) is 49.2 Å². The average Bonchev–Trinajstić information content (AvgIpc) is 3.04. The summed E-state index contributed by atoms with van der Waals surface area (Å²) >= 11 is 0. The molecule has 2 atom stereocenters. The number of pyridine rings is 1. The Labute approximate surface area is 173 Å². The van der Waals surface area contributed by atoms with Crippen LogP contribution in [-0.2, 0) is 9.59 Å². The number of carbonyl (C=O) groups excluding carboxylic acids is 3. The van der Waals surface area contributed by atoms with Gasteiger partial charge in [0.05, 0.1) is 23.1 Å². The maximum atomic E-state index is 12.7. The molecule has 0 unspecified atom stereocenters. The summed E-state index contributed by atoms with van der Waals surface area (Å²) < 4.78 is 5.55. The highest BCUT2D eigenvalue weighted by molar-refractivity contribution is 6.22. The molecule has 2 amide bonds. The summed E-state index contributed by atoms with van der Waals surface area (Å²) in [5.41, 5.74) is 1.45. The fourth-order valence-electron chi connectivity index (χ4n) is 4.48. The maximum absolute atomic E-state index is 12.7. The lowest BCUT2D eigenvalue weighted by atomic mass is 9.81. The molecule has 1 aliphatic heterocycles. The van der Waals surface area contributed by atoms with Gasteiger partial charge in [-0.1, -0.05) is 31.0 Å². The Morgan fingerprint density at radius 2 is 1.57 bits per heavy atom. The molecule has 2 aromatic carbocycles. The van der Waals surface area contributed by atoms with E-state index in [2.05, 4.69) is 4.98 Å². The molecule has 0 bridgehead atoms. The molecule has 6 heteroatoms. The first-order valence-corrected chi connectivity index (χ1v) is 10.2. The molecule has 150 valence electrons. The summed E-state index contributed by atoms with van der Waals surface area (Å²) in [5, 5.41) is 0.880. The fraction of sp³-hybridized carbons (Fsp3) is 0.250. The molecule has 1 aliphatic carbocycles. The molecule has 2 aliphatic rings. The predicted octanol–water partition coefficient (Wildman–Crippen LogP) is 4.13. The maximum Gasteiger partial charge on any atom is 0.343 e. The minimum Gasteiger partial charge on any atom is -0.421 e. The van der Waals surface area contributed by atoms with E-state index in [1.165, 1.54) is 4.90 Å². The van der Waals surface area contributed by atoms with E-state index in [1.54, 1.807) is 42.6 Å². The number of fused-ring (bicyclic) bond motifs is 2. The highest BCUT2D eigenvalue weighted by atomic mass is 16.5. The lowest BCUT2D eigenvalue weighted by Gasteiger charge is -2.19. The highest BCUT2D eigenvalue weighted by Gasteiger charge is 2.48. The van der Waals surface area contributed by atoms with E-state index < -0.39 is 5.97 Å². The SMILES string of the molecule is O=C(Oc1cccc2cccnc12)c1ccc(N2C(=O)[C@H]3CCCC[C@@H]3C2=O)cc1. The number of hydrogen-bond donors (Lipinski definition) is 0. The van der Waals surface area contributed by atoms with Crippen molar-refractivity contribution in [2.24, 2.45) is 11.8 Å². The van der Waals surface area contributed by atoms with Crippen molar-refractivity contribution < 1.29 is 19.1 Å². The van der Waals surface area contributed by atoms with E-state index in [4.69, 9.17) is 4.74 Å². The van der Waals surface area contributed by atoms with Crippen molar-refractivity contribution >= 4 is 34.4 Å². The topological polar surface area (TPSA) is 76.6 Å². The molecule has 3 aromatic rings. The van der Waals surface area contributed by atoms with Crippen LogP contribution in [0.4, 0.5) is 5.69 Å². The number of carbonyl (C=O) groups is 3. The standard InChI is InChI=1S/C24H20N2O4/c27-22-18-7-1-2-8-19(18)23(28)26(22)17-12-10-16(11-13-17)24(29)30-20-9-3-5-15-6-4-14-25-21(15)20/h3-6,9-14,18-19H,1-2,7-8H2/t18-,19-/m0/s1. The van der Waals surface area contributed by atoms with Gasteiger partial charge in [0.1, 0.15) is 5.52 Å². The first-order valence-electron chi connectivity index (χ1n) is 10.2. The van der Waals surface area contributed by atoms with Gasteiger partial charge in [0.15, 0.2) is 5.75 Å². The Bertz CT molecular complexity index is 1130. The molecule has 1 saturated heterocycles. The number of para-hydroxylation sites is 1. The minimum atomic E-state index is -0.521. The average molecular weight is 400 g/mol. The monoisotopic (exact) mass is 400 g/mol. The Morgan fingerprint density at radius 3 is 2.27 bits per heavy atom. The number of rotatable bonds is 3. The number of amides is 2. The largest absolute Gasteiger partial charge is 0.421 e. The first kappa shape index (κ1) is 18.5. The lowest BCUT2D eigenvalue weighted by Crippen LogP contribution is -2.30. The zero-order valence-corrected chi connectivity index (χ0v) is 16.3. The van der Waals surface area contributed by atoms with Crippen molar-refractivity contribution in [2.45, 2.75) is 25.7 Å². The molecular weight excluding hydrogens is 380 g/mol. The van der Waals surface area contributed by atoms with Gasteiger partial charge < -0.3 is 4.74 Å². The smallest absolute Gasteiger partial charge is 0.343 e. The van der Waals surface area contributed by atoms with Crippen LogP contribution in [0, 0.1) is 11.8 Å². The summed E-state index contributed by atoms with van der Waals surface area (Å²) in [7, 11) is 0. The van der Waals surface area contributed by atoms with Gasteiger partial charge >= 0.3 is 5.97 Å². The van der Waals surface area contributed by atoms with Crippen molar-refractivity contribution in [3.63, 3.8) is 0 Å². The quantitative estimate of drug-likeness (QED) is 0.375. The number of imide groups is 1. The van der Waals surface area contributed by atoms with Gasteiger partial charge in [-0.15, -0.1) is 0 Å². The van der Waals surface area contributed by atoms with E-state index in [0.717, 1.165) is 31.1 Å². The van der Waals surface area contributed by atoms with Gasteiger partial charge in [0.2, 0.25) is 11.8 Å². The molecule has 2 fully saturated rings. The van der Waals surface area contributed by atoms with Crippen LogP contribution in [0.1, 0.15) is 36.0 Å². The second-order valence-corrected chi connectivity index (χ2v) is 7.78. The van der Waals surface area contributed by atoms with Crippen molar-refractivity contribution in [3.05, 3.63) is 66.4 Å². The Hall–Kier alpha value is -3.54. The third kappa shape index (κ3) is 3.05. The molecule has 0 radical (unpaired) electrons. The third-order valence-corrected chi connectivity index (χ3v) is 6.00. The number of ether oxygens (including phenoxy) is 1. The number of benzene rings is 2. The second kappa shape index (κ2) is 7.37. The molecule has 0 N–H and O–H groups in total. The Balaban J connectivity index is 1.36. The third-order valence-electron chi connectivity index (χ3n) is 6.00. The van der Waals surface area contributed by atoms with Crippen molar-refractivity contribution in [2.75, 3.05) is 4.90 Å². The van der Waals surface area contributed by atoms with Crippen molar-refractivity contribution in [3.8, 4) is 5.75 Å². The summed E-state index contributed by atoms with van der Waals surface area (Å²) in [4.78, 5) is 43.7. The Morgan fingerprint density at radius 1 is 0.900 bits per heavy atom. The molecule has 1 aromatic heterocycles. The summed E-state index contributed by atoms with van der Waals surface area (Å²) in [6.07, 6.45) is 5.17. The van der Waals surface area contributed by atoms with E-state index in [9.17, 15) is 14.4 Å². The molecule has 2 heterocycles. The molecule has 1 saturated carbocycles. The van der Waals surface area contributed by atoms with Crippen molar-refractivity contribution in [1.29, 1.82) is 0 Å². The van der Waals surface area contributed by atoms with E-state index in [0.29, 0.717) is 22.5 Å². The number of esters is 1. The number of nitrogens with zero attached hydrogens (tertiary/aromatic N) is 2. The van der Waals surface area contributed by atoms with Gasteiger partial charge in [0, 0.05) is 11.6 Å². The van der Waals surface area contributed by atoms with Crippen LogP contribution in [0.15, 0.2) is 60.8 Å². The van der Waals surface area contributed by atoms with Crippen LogP contribution in [0.3, 0.4) is 0 Å². The summed E-state index contributed by atoms with van der Waals surface area (Å²) in [5.74, 6) is -0.781. The van der Waals surface area contributed by atoms with Crippen LogP contribution in [-0.4, -0.2) is 22.8 Å². The number of aromatic nitrogens is 1. The molecule has 5 rings (SSSR count). The van der Waals surface area contributed by atoms with Crippen LogP contribution >= 0.6 is 0 Å². The first-order chi connectivity index (χ1) is 14.6. The van der Waals surface area contributed by atoms with Crippen molar-refractivity contribution in [1.82, 2.24) is 4.98 Å². The van der Waals surface area contributed by atoms with Crippen LogP contribution in [0.25, 0.3) is 10.9 Å². The van der Waals surface area contributed by atoms with Gasteiger partial charge in [-0.2, -0.15) is 0 Å². The van der Waals surface area contributed by atoms with E-state index in [1.807, 2.05) is 18.2 Å². The highest BCUT2D eigenvalue weighted by Crippen LogP contribution is 2.40. The fourth-order valence-corrected chi connectivity index (χ4v) is 4.48. The zero-order chi connectivity index (χ0) is 20.7. The predicted molar refractivity (Wildman–Crippen MR) is 111 cm³/mol. The normalized spacial score (nSPS) is 21.0. The number of hydrogen-bond acceptors (Lipinski definition) is 5. The van der Waals surface area contributed by atoms with Crippen LogP contribution < -0.4 is 9.64 Å². The van der Waals surface area contributed by atoms with Gasteiger partial charge in [0.25, 0.3) is 0 Å². The van der Waals surface area contributed by atoms with Gasteiger partial charge in [-0.3, -0.25) is 19.5 Å². The summed E-state index contributed by atoms with van der Waals surface area (Å²) in [6, 6.07) is 15.5. The lowest BCUT2D eigenvalue weighted by molar-refractivity contribution is -0.122. The Kier molecular flexibility index (Phi) is 4.54. The van der Waals surface area contributed by atoms with Crippen LogP contribution in [0.5, 0.6) is 5.75 Å². The summed E-state index contributed by atoms with van der Waals surface area (Å²) in [6.45, 7) is 0. The minimum absolute atomic E-state index is 0.123.